The third-order valence-electron chi connectivity index (χ3n) is 2.60. The van der Waals surface area contributed by atoms with Crippen LogP contribution in [-0.4, -0.2) is 11.4 Å². The van der Waals surface area contributed by atoms with E-state index < -0.39 is 5.54 Å². The topological polar surface area (TPSA) is 76.7 Å². The van der Waals surface area contributed by atoms with Crippen LogP contribution < -0.4 is 5.32 Å². The van der Waals surface area contributed by atoms with Gasteiger partial charge in [0.2, 0.25) is 0 Å². The summed E-state index contributed by atoms with van der Waals surface area (Å²) in [4.78, 5) is 11.9. The fourth-order valence-electron chi connectivity index (χ4n) is 1.25. The lowest BCUT2D eigenvalue weighted by Crippen LogP contribution is -2.44. The summed E-state index contributed by atoms with van der Waals surface area (Å²) < 4.78 is 0. The van der Waals surface area contributed by atoms with Crippen molar-refractivity contribution in [3.8, 4) is 12.1 Å². The summed E-state index contributed by atoms with van der Waals surface area (Å²) in [6.07, 6.45) is 0.521. The monoisotopic (exact) mass is 227 g/mol. The molecular weight excluding hydrogens is 214 g/mol. The van der Waals surface area contributed by atoms with E-state index in [0.717, 1.165) is 0 Å². The van der Waals surface area contributed by atoms with Gasteiger partial charge in [-0.25, -0.2) is 0 Å². The molecule has 0 unspecified atom stereocenters. The van der Waals surface area contributed by atoms with Crippen molar-refractivity contribution in [1.82, 2.24) is 5.32 Å². The van der Waals surface area contributed by atoms with Gasteiger partial charge in [0.05, 0.1) is 17.7 Å². The summed E-state index contributed by atoms with van der Waals surface area (Å²) in [7, 11) is 0. The van der Waals surface area contributed by atoms with Gasteiger partial charge in [-0.2, -0.15) is 10.5 Å². The zero-order valence-electron chi connectivity index (χ0n) is 9.82. The molecule has 0 bridgehead atoms. The highest BCUT2D eigenvalue weighted by atomic mass is 16.1. The summed E-state index contributed by atoms with van der Waals surface area (Å²) in [6.45, 7) is 3.49. The summed E-state index contributed by atoms with van der Waals surface area (Å²) >= 11 is 0. The number of nitrogens with zero attached hydrogens (tertiary/aromatic N) is 2. The maximum Gasteiger partial charge on any atom is 0.252 e. The molecule has 1 aromatic rings. The first kappa shape index (κ1) is 12.7. The molecule has 0 saturated carbocycles. The average molecular weight is 227 g/mol. The minimum Gasteiger partial charge on any atom is -0.334 e. The highest BCUT2D eigenvalue weighted by molar-refractivity contribution is 5.95. The molecule has 0 aromatic heterocycles. The Hall–Kier alpha value is -2.33. The minimum atomic E-state index is -0.875. The Kier molecular flexibility index (Phi) is 3.85. The molecule has 17 heavy (non-hydrogen) atoms. The van der Waals surface area contributed by atoms with Crippen LogP contribution in [0.3, 0.4) is 0 Å². The highest BCUT2D eigenvalue weighted by Gasteiger charge is 2.24. The lowest BCUT2D eigenvalue weighted by atomic mass is 10.0. The molecule has 0 aliphatic carbocycles. The van der Waals surface area contributed by atoms with Crippen LogP contribution in [0.4, 0.5) is 0 Å². The quantitative estimate of drug-likeness (QED) is 0.857. The van der Waals surface area contributed by atoms with Crippen LogP contribution in [0, 0.1) is 22.7 Å². The van der Waals surface area contributed by atoms with E-state index in [1.54, 1.807) is 25.1 Å². The Morgan fingerprint density at radius 1 is 1.47 bits per heavy atom. The molecule has 86 valence electrons. The van der Waals surface area contributed by atoms with Gasteiger partial charge in [-0.15, -0.1) is 0 Å². The summed E-state index contributed by atoms with van der Waals surface area (Å²) in [5.74, 6) is -0.340. The molecule has 1 aromatic carbocycles. The van der Waals surface area contributed by atoms with E-state index in [1.165, 1.54) is 6.07 Å². The third kappa shape index (κ3) is 3.06. The standard InChI is InChI=1S/C13H13N3O/c1-3-13(2,9-15)16-12(17)11-6-4-5-10(7-11)8-14/h4-7H,3H2,1-2H3,(H,16,17)/t13-/m1/s1. The van der Waals surface area contributed by atoms with E-state index in [4.69, 9.17) is 10.5 Å². The van der Waals surface area contributed by atoms with Crippen molar-refractivity contribution >= 4 is 5.91 Å². The molecule has 1 rings (SSSR count). The largest absolute Gasteiger partial charge is 0.334 e. The number of rotatable bonds is 3. The van der Waals surface area contributed by atoms with Crippen molar-refractivity contribution in [3.05, 3.63) is 35.4 Å². The number of amides is 1. The molecule has 0 fully saturated rings. The van der Waals surface area contributed by atoms with E-state index in [-0.39, 0.29) is 5.91 Å². The second kappa shape index (κ2) is 5.14. The predicted molar refractivity (Wildman–Crippen MR) is 62.9 cm³/mol. The molecule has 4 heteroatoms. The third-order valence-corrected chi connectivity index (χ3v) is 2.60. The maximum absolute atomic E-state index is 11.9. The lowest BCUT2D eigenvalue weighted by Gasteiger charge is -2.21. The molecule has 0 saturated heterocycles. The number of hydrogen-bond acceptors (Lipinski definition) is 3. The SMILES string of the molecule is CC[C@](C)(C#N)NC(=O)c1cccc(C#N)c1. The zero-order chi connectivity index (χ0) is 12.9. The number of nitrogens with one attached hydrogen (secondary N) is 1. The van der Waals surface area contributed by atoms with Gasteiger partial charge in [0.1, 0.15) is 5.54 Å². The Morgan fingerprint density at radius 2 is 2.18 bits per heavy atom. The molecule has 1 atom stereocenters. The lowest BCUT2D eigenvalue weighted by molar-refractivity contribution is 0.0923. The Bertz CT molecular complexity index is 510. The summed E-state index contributed by atoms with van der Waals surface area (Å²) in [5, 5.41) is 20.4. The van der Waals surface area contributed by atoms with Gasteiger partial charge in [0.15, 0.2) is 0 Å². The van der Waals surface area contributed by atoms with Crippen molar-refractivity contribution in [1.29, 1.82) is 10.5 Å². The van der Waals surface area contributed by atoms with Gasteiger partial charge >= 0.3 is 0 Å². The van der Waals surface area contributed by atoms with Gasteiger partial charge in [-0.1, -0.05) is 13.0 Å². The average Bonchev–Trinajstić information content (AvgIpc) is 2.38. The van der Waals surface area contributed by atoms with Crippen LogP contribution in [0.25, 0.3) is 0 Å². The first-order chi connectivity index (χ1) is 8.04. The predicted octanol–water partition coefficient (Wildman–Crippen LogP) is 1.98. The number of carbonyl (C=O) groups is 1. The van der Waals surface area contributed by atoms with E-state index in [2.05, 4.69) is 11.4 Å². The summed E-state index contributed by atoms with van der Waals surface area (Å²) in [5.41, 5.74) is -0.0634. The van der Waals surface area contributed by atoms with Gasteiger partial charge in [-0.3, -0.25) is 4.79 Å². The fourth-order valence-corrected chi connectivity index (χ4v) is 1.25. The first-order valence-corrected chi connectivity index (χ1v) is 5.28. The van der Waals surface area contributed by atoms with Gasteiger partial charge < -0.3 is 5.32 Å². The molecule has 0 radical (unpaired) electrons. The van der Waals surface area contributed by atoms with Crippen LogP contribution in [-0.2, 0) is 0 Å². The number of carbonyl (C=O) groups excluding carboxylic acids is 1. The maximum atomic E-state index is 11.9. The number of nitriles is 2. The van der Waals surface area contributed by atoms with Crippen molar-refractivity contribution in [2.24, 2.45) is 0 Å². The van der Waals surface area contributed by atoms with Crippen molar-refractivity contribution in [3.63, 3.8) is 0 Å². The Labute approximate surface area is 100 Å². The normalized spacial score (nSPS) is 12.9. The van der Waals surface area contributed by atoms with Crippen molar-refractivity contribution < 1.29 is 4.79 Å². The molecule has 0 aliphatic heterocycles. The van der Waals surface area contributed by atoms with Gasteiger partial charge in [-0.05, 0) is 31.5 Å². The summed E-state index contributed by atoms with van der Waals surface area (Å²) in [6, 6.07) is 10.4. The zero-order valence-corrected chi connectivity index (χ0v) is 9.82. The molecule has 1 N–H and O–H groups in total. The minimum absolute atomic E-state index is 0.340. The van der Waals surface area contributed by atoms with Crippen LogP contribution >= 0.6 is 0 Å². The number of benzene rings is 1. The van der Waals surface area contributed by atoms with Crippen LogP contribution in [0.1, 0.15) is 36.2 Å². The molecular formula is C13H13N3O. The first-order valence-electron chi connectivity index (χ1n) is 5.28. The second-order valence-corrected chi connectivity index (χ2v) is 3.94. The van der Waals surface area contributed by atoms with Gasteiger partial charge in [0.25, 0.3) is 5.91 Å². The van der Waals surface area contributed by atoms with Crippen LogP contribution in [0.15, 0.2) is 24.3 Å². The Morgan fingerprint density at radius 3 is 2.71 bits per heavy atom. The number of hydrogen-bond donors (Lipinski definition) is 1. The van der Waals surface area contributed by atoms with E-state index >= 15 is 0 Å². The van der Waals surface area contributed by atoms with E-state index in [9.17, 15) is 4.79 Å². The van der Waals surface area contributed by atoms with Crippen molar-refractivity contribution in [2.75, 3.05) is 0 Å². The molecule has 4 nitrogen and oxygen atoms in total. The molecule has 1 amide bonds. The second-order valence-electron chi connectivity index (χ2n) is 3.94. The van der Waals surface area contributed by atoms with E-state index in [1.807, 2.05) is 13.0 Å². The van der Waals surface area contributed by atoms with Crippen LogP contribution in [0.5, 0.6) is 0 Å². The van der Waals surface area contributed by atoms with E-state index in [0.29, 0.717) is 17.5 Å². The molecule has 0 heterocycles. The van der Waals surface area contributed by atoms with Gasteiger partial charge in [0, 0.05) is 5.56 Å². The molecule has 0 aliphatic rings. The highest BCUT2D eigenvalue weighted by Crippen LogP contribution is 2.10. The molecule has 0 spiro atoms. The smallest absolute Gasteiger partial charge is 0.252 e. The van der Waals surface area contributed by atoms with Crippen molar-refractivity contribution in [2.45, 2.75) is 25.8 Å². The van der Waals surface area contributed by atoms with Crippen LogP contribution in [0.2, 0.25) is 0 Å². The Balaban J connectivity index is 2.92. The fraction of sp³-hybridized carbons (Fsp3) is 0.308.